The van der Waals surface area contributed by atoms with Crippen molar-refractivity contribution < 1.29 is 10.0 Å². The number of pyridine rings is 1. The lowest BCUT2D eigenvalue weighted by Gasteiger charge is -2.41. The van der Waals surface area contributed by atoms with Gasteiger partial charge in [0.1, 0.15) is 11.0 Å². The van der Waals surface area contributed by atoms with Gasteiger partial charge in [-0.2, -0.15) is 0 Å². The number of aliphatic hydroxyl groups excluding tert-OH is 1. The molecule has 0 saturated heterocycles. The standard InChI is InChI=1S/C10H12ClN3O3/c11-8-4-7(14(16)17)5-9(12-8)13-10(6-15)2-1-3-10/h4-5,15H,1-3,6H2,(H,12,13). The Morgan fingerprint density at radius 1 is 1.59 bits per heavy atom. The minimum absolute atomic E-state index is 0.0189. The van der Waals surface area contributed by atoms with E-state index in [0.717, 1.165) is 19.3 Å². The second-order valence-electron chi connectivity index (χ2n) is 4.21. The van der Waals surface area contributed by atoms with Crippen molar-refractivity contribution in [1.82, 2.24) is 4.98 Å². The van der Waals surface area contributed by atoms with Crippen molar-refractivity contribution in [2.75, 3.05) is 11.9 Å². The summed E-state index contributed by atoms with van der Waals surface area (Å²) in [5.41, 5.74) is -0.508. The molecule has 0 aliphatic heterocycles. The molecule has 1 heterocycles. The van der Waals surface area contributed by atoms with Crippen molar-refractivity contribution >= 4 is 23.1 Å². The van der Waals surface area contributed by atoms with Crippen LogP contribution in [0.25, 0.3) is 0 Å². The fourth-order valence-electron chi connectivity index (χ4n) is 1.85. The molecule has 1 aliphatic carbocycles. The fourth-order valence-corrected chi connectivity index (χ4v) is 2.05. The van der Waals surface area contributed by atoms with Crippen molar-refractivity contribution in [2.24, 2.45) is 0 Å². The molecule has 0 aromatic carbocycles. The average Bonchev–Trinajstić information content (AvgIpc) is 2.22. The summed E-state index contributed by atoms with van der Waals surface area (Å²) < 4.78 is 0. The largest absolute Gasteiger partial charge is 0.394 e. The normalized spacial score (nSPS) is 17.3. The Balaban J connectivity index is 2.23. The maximum absolute atomic E-state index is 10.7. The topological polar surface area (TPSA) is 88.3 Å². The molecule has 1 aliphatic rings. The van der Waals surface area contributed by atoms with Gasteiger partial charge in [0.2, 0.25) is 0 Å². The Labute approximate surface area is 103 Å². The summed E-state index contributed by atoms with van der Waals surface area (Å²) in [6, 6.07) is 2.51. The monoisotopic (exact) mass is 257 g/mol. The molecule has 6 nitrogen and oxygen atoms in total. The van der Waals surface area contributed by atoms with E-state index in [1.165, 1.54) is 12.1 Å². The second-order valence-corrected chi connectivity index (χ2v) is 4.59. The van der Waals surface area contributed by atoms with E-state index in [9.17, 15) is 15.2 Å². The molecule has 1 aromatic rings. The second kappa shape index (κ2) is 4.46. The number of aromatic nitrogens is 1. The molecule has 2 rings (SSSR count). The molecule has 2 N–H and O–H groups in total. The summed E-state index contributed by atoms with van der Waals surface area (Å²) in [5.74, 6) is 0.331. The molecule has 1 fully saturated rings. The molecule has 1 saturated carbocycles. The summed E-state index contributed by atoms with van der Waals surface area (Å²) >= 11 is 5.71. The van der Waals surface area contributed by atoms with Crippen molar-refractivity contribution in [3.05, 3.63) is 27.4 Å². The SMILES string of the molecule is O=[N+]([O-])c1cc(Cl)nc(NC2(CO)CCC2)c1. The minimum Gasteiger partial charge on any atom is -0.394 e. The van der Waals surface area contributed by atoms with Crippen LogP contribution in [0.3, 0.4) is 0 Å². The quantitative estimate of drug-likeness (QED) is 0.489. The van der Waals surface area contributed by atoms with Gasteiger partial charge in [-0.15, -0.1) is 0 Å². The van der Waals surface area contributed by atoms with Gasteiger partial charge < -0.3 is 10.4 Å². The summed E-state index contributed by atoms with van der Waals surface area (Å²) in [6.07, 6.45) is 2.67. The zero-order chi connectivity index (χ0) is 12.5. The first-order valence-electron chi connectivity index (χ1n) is 5.26. The molecule has 7 heteroatoms. The molecule has 0 radical (unpaired) electrons. The Morgan fingerprint density at radius 2 is 2.29 bits per heavy atom. The molecule has 0 atom stereocenters. The number of nitrogens with one attached hydrogen (secondary N) is 1. The Kier molecular flexibility index (Phi) is 3.17. The zero-order valence-electron chi connectivity index (χ0n) is 9.02. The van der Waals surface area contributed by atoms with E-state index in [1.807, 2.05) is 0 Å². The van der Waals surface area contributed by atoms with E-state index in [2.05, 4.69) is 10.3 Å². The first-order valence-corrected chi connectivity index (χ1v) is 5.63. The van der Waals surface area contributed by atoms with Crippen molar-refractivity contribution in [3.63, 3.8) is 0 Å². The lowest BCUT2D eigenvalue weighted by molar-refractivity contribution is -0.384. The van der Waals surface area contributed by atoms with Crippen LogP contribution < -0.4 is 5.32 Å². The van der Waals surface area contributed by atoms with E-state index in [1.54, 1.807) is 0 Å². The van der Waals surface area contributed by atoms with Crippen LogP contribution in [0.1, 0.15) is 19.3 Å². The third-order valence-electron chi connectivity index (χ3n) is 3.00. The molecule has 92 valence electrons. The number of nitrogens with zero attached hydrogens (tertiary/aromatic N) is 2. The number of hydrogen-bond donors (Lipinski definition) is 2. The molecule has 0 spiro atoms. The molecule has 0 amide bonds. The molecule has 1 aromatic heterocycles. The molecule has 17 heavy (non-hydrogen) atoms. The van der Waals surface area contributed by atoms with Crippen LogP contribution in [0, 0.1) is 10.1 Å². The molecular formula is C10H12ClN3O3. The van der Waals surface area contributed by atoms with Crippen LogP contribution >= 0.6 is 11.6 Å². The Bertz CT molecular complexity index is 443. The van der Waals surface area contributed by atoms with Gasteiger partial charge in [0.05, 0.1) is 29.2 Å². The number of halogens is 1. The summed E-state index contributed by atoms with van der Waals surface area (Å²) in [4.78, 5) is 14.1. The van der Waals surface area contributed by atoms with E-state index in [0.29, 0.717) is 5.82 Å². The molecule has 0 unspecified atom stereocenters. The highest BCUT2D eigenvalue weighted by atomic mass is 35.5. The summed E-state index contributed by atoms with van der Waals surface area (Å²) in [7, 11) is 0. The van der Waals surface area contributed by atoms with Crippen LogP contribution in [-0.2, 0) is 0 Å². The van der Waals surface area contributed by atoms with Gasteiger partial charge in [0.25, 0.3) is 5.69 Å². The first-order chi connectivity index (χ1) is 8.04. The predicted molar refractivity (Wildman–Crippen MR) is 63.2 cm³/mol. The number of anilines is 1. The van der Waals surface area contributed by atoms with E-state index < -0.39 is 10.5 Å². The van der Waals surface area contributed by atoms with Crippen LogP contribution in [0.4, 0.5) is 11.5 Å². The first kappa shape index (κ1) is 12.1. The molecule has 0 bridgehead atoms. The summed E-state index contributed by atoms with van der Waals surface area (Å²) in [5, 5.41) is 23.0. The van der Waals surface area contributed by atoms with Gasteiger partial charge in [-0.05, 0) is 19.3 Å². The lowest BCUT2D eigenvalue weighted by atomic mass is 9.77. The number of hydrogen-bond acceptors (Lipinski definition) is 5. The number of nitro groups is 1. The smallest absolute Gasteiger partial charge is 0.276 e. The highest BCUT2D eigenvalue weighted by molar-refractivity contribution is 6.29. The van der Waals surface area contributed by atoms with Gasteiger partial charge in [0, 0.05) is 0 Å². The van der Waals surface area contributed by atoms with Gasteiger partial charge in [-0.3, -0.25) is 10.1 Å². The highest BCUT2D eigenvalue weighted by Gasteiger charge is 2.36. The summed E-state index contributed by atoms with van der Waals surface area (Å²) in [6.45, 7) is -0.0189. The van der Waals surface area contributed by atoms with Crippen LogP contribution in [0.2, 0.25) is 5.15 Å². The third-order valence-corrected chi connectivity index (χ3v) is 3.19. The van der Waals surface area contributed by atoms with Crippen LogP contribution in [0.15, 0.2) is 12.1 Å². The van der Waals surface area contributed by atoms with Crippen molar-refractivity contribution in [1.29, 1.82) is 0 Å². The Hall–Kier alpha value is -1.40. The van der Waals surface area contributed by atoms with E-state index in [-0.39, 0.29) is 17.4 Å². The van der Waals surface area contributed by atoms with E-state index >= 15 is 0 Å². The Morgan fingerprint density at radius 3 is 2.76 bits per heavy atom. The maximum Gasteiger partial charge on any atom is 0.276 e. The van der Waals surface area contributed by atoms with E-state index in [4.69, 9.17) is 11.6 Å². The number of aliphatic hydroxyl groups is 1. The van der Waals surface area contributed by atoms with Crippen LogP contribution in [0.5, 0.6) is 0 Å². The van der Waals surface area contributed by atoms with Gasteiger partial charge in [-0.1, -0.05) is 11.6 Å². The van der Waals surface area contributed by atoms with Gasteiger partial charge in [-0.25, -0.2) is 4.98 Å². The minimum atomic E-state index is -0.523. The average molecular weight is 258 g/mol. The van der Waals surface area contributed by atoms with Crippen molar-refractivity contribution in [2.45, 2.75) is 24.8 Å². The van der Waals surface area contributed by atoms with Crippen molar-refractivity contribution in [3.8, 4) is 0 Å². The van der Waals surface area contributed by atoms with Gasteiger partial charge >= 0.3 is 0 Å². The number of rotatable bonds is 4. The third kappa shape index (κ3) is 2.48. The fraction of sp³-hybridized carbons (Fsp3) is 0.500. The van der Waals surface area contributed by atoms with Crippen LogP contribution in [-0.4, -0.2) is 27.2 Å². The zero-order valence-corrected chi connectivity index (χ0v) is 9.78. The van der Waals surface area contributed by atoms with Gasteiger partial charge in [0.15, 0.2) is 0 Å². The maximum atomic E-state index is 10.7. The highest BCUT2D eigenvalue weighted by Crippen LogP contribution is 2.35. The lowest BCUT2D eigenvalue weighted by Crippen LogP contribution is -2.48. The molecular weight excluding hydrogens is 246 g/mol. The predicted octanol–water partition coefficient (Wildman–Crippen LogP) is 1.97.